The van der Waals surface area contributed by atoms with Crippen LogP contribution in [0.1, 0.15) is 76.4 Å². The predicted molar refractivity (Wildman–Crippen MR) is 190 cm³/mol. The minimum absolute atomic E-state index is 0.0469. The molecule has 0 radical (unpaired) electrons. The first kappa shape index (κ1) is 33.3. The first-order valence-corrected chi connectivity index (χ1v) is 17.7. The van der Waals surface area contributed by atoms with Crippen LogP contribution in [0.15, 0.2) is 42.9 Å². The van der Waals surface area contributed by atoms with E-state index in [1.807, 2.05) is 44.6 Å². The lowest BCUT2D eigenvalue weighted by molar-refractivity contribution is -0.389. The second-order valence-corrected chi connectivity index (χ2v) is 15.5. The molecule has 1 atom stereocenters. The number of benzene rings is 1. The molecule has 6 heterocycles. The highest BCUT2D eigenvalue weighted by molar-refractivity contribution is 6.36. The van der Waals surface area contributed by atoms with Crippen molar-refractivity contribution in [1.29, 1.82) is 0 Å². The number of likely N-dealkylation sites (tertiary alicyclic amines) is 1. The van der Waals surface area contributed by atoms with E-state index in [9.17, 15) is 14.9 Å². The van der Waals surface area contributed by atoms with Crippen molar-refractivity contribution in [2.24, 2.45) is 5.41 Å². The maximum Gasteiger partial charge on any atom is 0.410 e. The smallest absolute Gasteiger partial charge is 0.410 e. The molecule has 0 bridgehead atoms. The zero-order valence-corrected chi connectivity index (χ0v) is 30.1. The van der Waals surface area contributed by atoms with Crippen LogP contribution in [0.25, 0.3) is 39.1 Å². The molecule has 1 unspecified atom stereocenters. The highest BCUT2D eigenvalue weighted by atomic mass is 35.5. The van der Waals surface area contributed by atoms with Gasteiger partial charge in [-0.25, -0.2) is 14.5 Å². The van der Waals surface area contributed by atoms with E-state index in [2.05, 4.69) is 27.8 Å². The molecule has 14 nitrogen and oxygen atoms in total. The Morgan fingerprint density at radius 2 is 1.86 bits per heavy atom. The fraction of sp³-hybridized carbons (Fsp3) is 0.472. The Hall–Kier alpha value is -4.82. The molecule has 266 valence electrons. The van der Waals surface area contributed by atoms with E-state index in [-0.39, 0.29) is 29.6 Å². The van der Waals surface area contributed by atoms with Crippen LogP contribution >= 0.6 is 11.6 Å². The van der Waals surface area contributed by atoms with E-state index in [0.29, 0.717) is 30.5 Å². The van der Waals surface area contributed by atoms with Gasteiger partial charge in [0.1, 0.15) is 11.3 Å². The molecule has 1 aromatic carbocycles. The molecule has 51 heavy (non-hydrogen) atoms. The fourth-order valence-corrected chi connectivity index (χ4v) is 8.10. The highest BCUT2D eigenvalue weighted by Gasteiger charge is 2.55. The zero-order valence-electron chi connectivity index (χ0n) is 29.3. The summed E-state index contributed by atoms with van der Waals surface area (Å²) in [5.74, 6) is 0.184. The van der Waals surface area contributed by atoms with Gasteiger partial charge < -0.3 is 24.5 Å². The summed E-state index contributed by atoms with van der Waals surface area (Å²) in [7, 11) is 0. The number of hydrogen-bond donors (Lipinski definition) is 0. The molecule has 1 aliphatic carbocycles. The third-order valence-corrected chi connectivity index (χ3v) is 10.7. The van der Waals surface area contributed by atoms with Crippen LogP contribution in [0.5, 0.6) is 0 Å². The number of rotatable bonds is 6. The van der Waals surface area contributed by atoms with E-state index < -0.39 is 10.5 Å². The summed E-state index contributed by atoms with van der Waals surface area (Å²) in [5, 5.41) is 26.9. The van der Waals surface area contributed by atoms with E-state index >= 15 is 0 Å². The Bertz CT molecular complexity index is 2160. The molecule has 3 fully saturated rings. The highest BCUT2D eigenvalue weighted by Crippen LogP contribution is 2.55. The lowest BCUT2D eigenvalue weighted by Crippen LogP contribution is -2.64. The van der Waals surface area contributed by atoms with Gasteiger partial charge in [0.05, 0.1) is 40.1 Å². The zero-order chi connectivity index (χ0) is 35.8. The average Bonchev–Trinajstić information content (AvgIpc) is 3.79. The quantitative estimate of drug-likeness (QED) is 0.128. The first-order valence-electron chi connectivity index (χ1n) is 17.3. The van der Waals surface area contributed by atoms with Crippen molar-refractivity contribution in [2.75, 3.05) is 19.7 Å². The van der Waals surface area contributed by atoms with Crippen LogP contribution in [-0.4, -0.2) is 75.5 Å². The number of carbonyl (C=O) groups excluding carboxylic acids is 1. The van der Waals surface area contributed by atoms with Crippen LogP contribution in [0, 0.1) is 29.4 Å². The molecule has 15 heteroatoms. The van der Waals surface area contributed by atoms with Gasteiger partial charge in [0.15, 0.2) is 12.0 Å². The van der Waals surface area contributed by atoms with Crippen molar-refractivity contribution >= 4 is 34.4 Å². The standard InChI is InChI=1S/C36H40ClN9O5/c1-21-14-26-25(18-39-45(26)29-8-6-7-13-50-29)31(32(21)37)30-22(2)44(24-15-36(16-24)19-42(20-36)34(47)51-35(3,4)5)41-33(30)23-9-10-27(38-17-23)43-12-11-28(40-43)46(48)49/h9-12,14,17-18,24,29H,6-8,13,15-16,19-20H2,1-5H3. The van der Waals surface area contributed by atoms with Gasteiger partial charge in [-0.1, -0.05) is 11.6 Å². The maximum atomic E-state index is 12.7. The van der Waals surface area contributed by atoms with Crippen molar-refractivity contribution in [1.82, 2.24) is 39.2 Å². The summed E-state index contributed by atoms with van der Waals surface area (Å²) in [5.41, 5.74) is 5.58. The second-order valence-electron chi connectivity index (χ2n) is 15.2. The maximum absolute atomic E-state index is 12.7. The van der Waals surface area contributed by atoms with Crippen molar-refractivity contribution in [3.8, 4) is 28.2 Å². The molecule has 1 saturated carbocycles. The Morgan fingerprint density at radius 1 is 1.08 bits per heavy atom. The number of aryl methyl sites for hydroxylation is 1. The topological polar surface area (TPSA) is 148 Å². The summed E-state index contributed by atoms with van der Waals surface area (Å²) >= 11 is 7.23. The Morgan fingerprint density at radius 3 is 2.51 bits per heavy atom. The minimum atomic E-state index is -0.537. The second kappa shape index (κ2) is 12.2. The van der Waals surface area contributed by atoms with Crippen molar-refractivity contribution in [3.63, 3.8) is 0 Å². The summed E-state index contributed by atoms with van der Waals surface area (Å²) in [6.45, 7) is 11.8. The van der Waals surface area contributed by atoms with Gasteiger partial charge in [0.2, 0.25) is 0 Å². The first-order chi connectivity index (χ1) is 24.3. The number of halogens is 1. The van der Waals surface area contributed by atoms with Crippen LogP contribution in [0.2, 0.25) is 5.02 Å². The molecule has 1 spiro atoms. The minimum Gasteiger partial charge on any atom is -0.444 e. The number of ether oxygens (including phenoxy) is 2. The van der Waals surface area contributed by atoms with Gasteiger partial charge in [-0.15, -0.1) is 4.68 Å². The summed E-state index contributed by atoms with van der Waals surface area (Å²) in [6, 6.07) is 7.22. The molecule has 4 aromatic heterocycles. The summed E-state index contributed by atoms with van der Waals surface area (Å²) in [4.78, 5) is 29.8. The molecule has 1 amide bonds. The number of hydrogen-bond acceptors (Lipinski definition) is 9. The van der Waals surface area contributed by atoms with E-state index in [4.69, 9.17) is 31.3 Å². The summed E-state index contributed by atoms with van der Waals surface area (Å²) < 4.78 is 17.2. The van der Waals surface area contributed by atoms with E-state index in [1.165, 1.54) is 16.9 Å². The lowest BCUT2D eigenvalue weighted by Gasteiger charge is -2.58. The molecular weight excluding hydrogens is 674 g/mol. The molecule has 2 aliphatic heterocycles. The number of amides is 1. The van der Waals surface area contributed by atoms with Gasteiger partial charge in [0.25, 0.3) is 0 Å². The van der Waals surface area contributed by atoms with Gasteiger partial charge in [-0.05, 0) is 95.4 Å². The average molecular weight is 714 g/mol. The number of carbonyl (C=O) groups is 1. The predicted octanol–water partition coefficient (Wildman–Crippen LogP) is 7.60. The number of fused-ring (bicyclic) bond motifs is 1. The number of nitrogens with zero attached hydrogens (tertiary/aromatic N) is 9. The molecule has 2 saturated heterocycles. The van der Waals surface area contributed by atoms with Crippen LogP contribution in [-0.2, 0) is 9.47 Å². The fourth-order valence-electron chi connectivity index (χ4n) is 7.85. The van der Waals surface area contributed by atoms with Crippen molar-refractivity contribution < 1.29 is 19.2 Å². The van der Waals surface area contributed by atoms with Crippen molar-refractivity contribution in [2.45, 2.75) is 84.6 Å². The monoisotopic (exact) mass is 713 g/mol. The number of nitro groups is 1. The van der Waals surface area contributed by atoms with Gasteiger partial charge in [-0.3, -0.25) is 4.68 Å². The molecule has 5 aromatic rings. The van der Waals surface area contributed by atoms with Gasteiger partial charge in [0, 0.05) is 59.1 Å². The SMILES string of the molecule is Cc1cc2c(cnn2C2CCCCO2)c(-c2c(-c3ccc(-n4ccc([N+](=O)[O-])n4)nc3)nn(C3CC4(C3)CN(C(=O)OC(C)(C)C)C4)c2C)c1Cl. The van der Waals surface area contributed by atoms with Crippen molar-refractivity contribution in [3.05, 3.63) is 69.3 Å². The van der Waals surface area contributed by atoms with Crippen LogP contribution in [0.4, 0.5) is 10.6 Å². The van der Waals surface area contributed by atoms with Gasteiger partial charge >= 0.3 is 11.9 Å². The molecule has 8 rings (SSSR count). The Labute approximate surface area is 299 Å². The van der Waals surface area contributed by atoms with Crippen LogP contribution in [0.3, 0.4) is 0 Å². The summed E-state index contributed by atoms with van der Waals surface area (Å²) in [6.07, 6.45) is 9.47. The Kier molecular flexibility index (Phi) is 7.94. The van der Waals surface area contributed by atoms with E-state index in [1.54, 1.807) is 17.2 Å². The Balaban J connectivity index is 1.18. The molecule has 3 aliphatic rings. The number of aromatic nitrogens is 7. The normalized spacial score (nSPS) is 18.9. The lowest BCUT2D eigenvalue weighted by atomic mass is 9.61. The van der Waals surface area contributed by atoms with Gasteiger partial charge in [-0.2, -0.15) is 10.2 Å². The largest absolute Gasteiger partial charge is 0.444 e. The number of pyridine rings is 1. The van der Waals surface area contributed by atoms with Crippen LogP contribution < -0.4 is 0 Å². The third kappa shape index (κ3) is 5.83. The third-order valence-electron chi connectivity index (χ3n) is 10.3. The van der Waals surface area contributed by atoms with E-state index in [0.717, 1.165) is 76.6 Å². The molecular formula is C36H40ClN9O5. The molecule has 0 N–H and O–H groups in total.